The Morgan fingerprint density at radius 2 is 1.95 bits per heavy atom. The van der Waals surface area contributed by atoms with Crippen LogP contribution in [0.25, 0.3) is 5.65 Å². The number of carbonyl (C=O) groups is 1. The molecule has 0 aromatic carbocycles. The number of ketones is 1. The molecule has 106 valence electrons. The van der Waals surface area contributed by atoms with Gasteiger partial charge in [0.1, 0.15) is 11.3 Å². The second-order valence-corrected chi connectivity index (χ2v) is 7.12. The molecule has 0 radical (unpaired) electrons. The van der Waals surface area contributed by atoms with Gasteiger partial charge in [-0.2, -0.15) is 0 Å². The van der Waals surface area contributed by atoms with Crippen LogP contribution in [0.5, 0.6) is 0 Å². The largest absolute Gasteiger partial charge is 0.303 e. The van der Waals surface area contributed by atoms with Crippen LogP contribution in [-0.2, 0) is 6.42 Å². The monoisotopic (exact) mass is 270 g/mol. The highest BCUT2D eigenvalue weighted by Crippen LogP contribution is 2.37. The summed E-state index contributed by atoms with van der Waals surface area (Å²) in [5.41, 5.74) is 5.27. The molecule has 2 aromatic rings. The Morgan fingerprint density at radius 3 is 2.60 bits per heavy atom. The molecule has 3 heteroatoms. The summed E-state index contributed by atoms with van der Waals surface area (Å²) in [6.45, 7) is 10.8. The van der Waals surface area contributed by atoms with Crippen molar-refractivity contribution < 1.29 is 4.79 Å². The minimum absolute atomic E-state index is 0.150. The van der Waals surface area contributed by atoms with Gasteiger partial charge in [-0.25, -0.2) is 4.98 Å². The molecule has 3 rings (SSSR count). The van der Waals surface area contributed by atoms with Gasteiger partial charge in [-0.15, -0.1) is 0 Å². The summed E-state index contributed by atoms with van der Waals surface area (Å²) in [4.78, 5) is 17.1. The Balaban J connectivity index is 2.20. The fraction of sp³-hybridized carbons (Fsp3) is 0.529. The summed E-state index contributed by atoms with van der Waals surface area (Å²) in [6, 6.07) is 2.11. The zero-order valence-corrected chi connectivity index (χ0v) is 12.9. The summed E-state index contributed by atoms with van der Waals surface area (Å²) in [5, 5.41) is 0. The van der Waals surface area contributed by atoms with Gasteiger partial charge in [-0.3, -0.25) is 4.79 Å². The number of fused-ring (bicyclic) bond motifs is 3. The van der Waals surface area contributed by atoms with Crippen LogP contribution >= 0.6 is 0 Å². The molecular formula is C17H22N2O. The topological polar surface area (TPSA) is 34.4 Å². The van der Waals surface area contributed by atoms with Crippen molar-refractivity contribution in [2.45, 2.75) is 47.5 Å². The SMILES string of the molecule is Cc1ccn2c3c(nc2c1C)C(=O)CC(C(C)(C)C)C3. The second-order valence-electron chi connectivity index (χ2n) is 7.12. The van der Waals surface area contributed by atoms with Gasteiger partial charge >= 0.3 is 0 Å². The van der Waals surface area contributed by atoms with E-state index in [1.165, 1.54) is 11.1 Å². The van der Waals surface area contributed by atoms with E-state index in [9.17, 15) is 4.79 Å². The first kappa shape index (κ1) is 13.3. The molecule has 1 atom stereocenters. The van der Waals surface area contributed by atoms with Gasteiger partial charge in [0.25, 0.3) is 0 Å². The predicted molar refractivity (Wildman–Crippen MR) is 80.3 cm³/mol. The average Bonchev–Trinajstić information content (AvgIpc) is 2.73. The number of pyridine rings is 1. The summed E-state index contributed by atoms with van der Waals surface area (Å²) in [5.74, 6) is 0.593. The lowest BCUT2D eigenvalue weighted by Crippen LogP contribution is -2.30. The molecular weight excluding hydrogens is 248 g/mol. The van der Waals surface area contributed by atoms with Gasteiger partial charge in [0, 0.05) is 12.6 Å². The number of hydrogen-bond acceptors (Lipinski definition) is 2. The minimum atomic E-state index is 0.150. The quantitative estimate of drug-likeness (QED) is 0.730. The number of nitrogens with zero attached hydrogens (tertiary/aromatic N) is 2. The number of aryl methyl sites for hydroxylation is 2. The smallest absolute Gasteiger partial charge is 0.183 e. The van der Waals surface area contributed by atoms with Gasteiger partial charge in [-0.1, -0.05) is 20.8 Å². The number of carbonyl (C=O) groups excluding carboxylic acids is 1. The number of imidazole rings is 1. The van der Waals surface area contributed by atoms with Crippen molar-refractivity contribution in [3.8, 4) is 0 Å². The molecule has 0 N–H and O–H groups in total. The van der Waals surface area contributed by atoms with E-state index in [0.717, 1.165) is 17.8 Å². The highest BCUT2D eigenvalue weighted by molar-refractivity contribution is 5.97. The Kier molecular flexibility index (Phi) is 2.79. The van der Waals surface area contributed by atoms with E-state index < -0.39 is 0 Å². The van der Waals surface area contributed by atoms with E-state index in [2.05, 4.69) is 56.3 Å². The van der Waals surface area contributed by atoms with Gasteiger partial charge in [0.15, 0.2) is 5.78 Å². The highest BCUT2D eigenvalue weighted by Gasteiger charge is 2.35. The van der Waals surface area contributed by atoms with Crippen molar-refractivity contribution >= 4 is 11.4 Å². The lowest BCUT2D eigenvalue weighted by atomic mass is 9.72. The van der Waals surface area contributed by atoms with Crippen molar-refractivity contribution in [3.05, 3.63) is 34.8 Å². The Morgan fingerprint density at radius 1 is 1.25 bits per heavy atom. The van der Waals surface area contributed by atoms with Gasteiger partial charge < -0.3 is 4.40 Å². The fourth-order valence-corrected chi connectivity index (χ4v) is 3.04. The maximum absolute atomic E-state index is 12.4. The van der Waals surface area contributed by atoms with E-state index in [4.69, 9.17) is 0 Å². The normalized spacial score (nSPS) is 19.4. The minimum Gasteiger partial charge on any atom is -0.303 e. The van der Waals surface area contributed by atoms with Crippen LogP contribution in [0.15, 0.2) is 12.3 Å². The van der Waals surface area contributed by atoms with Crippen LogP contribution in [0.1, 0.15) is 54.5 Å². The molecule has 1 unspecified atom stereocenters. The van der Waals surface area contributed by atoms with Gasteiger partial charge in [-0.05, 0) is 48.8 Å². The summed E-state index contributed by atoms with van der Waals surface area (Å²) in [7, 11) is 0. The molecule has 0 aliphatic heterocycles. The molecule has 0 saturated carbocycles. The molecule has 0 amide bonds. The molecule has 0 spiro atoms. The third-order valence-electron chi connectivity index (χ3n) is 4.77. The highest BCUT2D eigenvalue weighted by atomic mass is 16.1. The van der Waals surface area contributed by atoms with Crippen LogP contribution in [0, 0.1) is 25.2 Å². The molecule has 3 nitrogen and oxygen atoms in total. The van der Waals surface area contributed by atoms with Crippen LogP contribution in [-0.4, -0.2) is 15.2 Å². The molecule has 0 fully saturated rings. The van der Waals surface area contributed by atoms with E-state index in [-0.39, 0.29) is 11.2 Å². The number of rotatable bonds is 0. The first-order chi connectivity index (χ1) is 9.29. The summed E-state index contributed by atoms with van der Waals surface area (Å²) < 4.78 is 2.12. The predicted octanol–water partition coefficient (Wildman–Crippen LogP) is 3.74. The Hall–Kier alpha value is -1.64. The summed E-state index contributed by atoms with van der Waals surface area (Å²) in [6.07, 6.45) is 3.62. The van der Waals surface area contributed by atoms with E-state index in [0.29, 0.717) is 18.0 Å². The van der Waals surface area contributed by atoms with Crippen molar-refractivity contribution in [2.75, 3.05) is 0 Å². The fourth-order valence-electron chi connectivity index (χ4n) is 3.04. The lowest BCUT2D eigenvalue weighted by molar-refractivity contribution is 0.0887. The van der Waals surface area contributed by atoms with Crippen molar-refractivity contribution in [1.82, 2.24) is 9.38 Å². The standard InChI is InChI=1S/C17H22N2O/c1-10-6-7-19-13-8-12(17(3,4)5)9-14(20)15(13)18-16(19)11(10)2/h6-7,12H,8-9H2,1-5H3. The number of aromatic nitrogens is 2. The van der Waals surface area contributed by atoms with E-state index >= 15 is 0 Å². The zero-order chi connectivity index (χ0) is 14.7. The molecule has 1 aliphatic carbocycles. The van der Waals surface area contributed by atoms with Crippen LogP contribution < -0.4 is 0 Å². The average molecular weight is 270 g/mol. The van der Waals surface area contributed by atoms with E-state index in [1.807, 2.05) is 0 Å². The van der Waals surface area contributed by atoms with E-state index in [1.54, 1.807) is 0 Å². The van der Waals surface area contributed by atoms with Crippen molar-refractivity contribution in [3.63, 3.8) is 0 Å². The molecule has 0 bridgehead atoms. The lowest BCUT2D eigenvalue weighted by Gasteiger charge is -2.32. The van der Waals surface area contributed by atoms with Crippen LogP contribution in [0.4, 0.5) is 0 Å². The third-order valence-corrected chi connectivity index (χ3v) is 4.77. The van der Waals surface area contributed by atoms with Crippen LogP contribution in [0.2, 0.25) is 0 Å². The number of hydrogen-bond donors (Lipinski definition) is 0. The van der Waals surface area contributed by atoms with Gasteiger partial charge in [0.05, 0.1) is 5.69 Å². The molecule has 20 heavy (non-hydrogen) atoms. The van der Waals surface area contributed by atoms with Crippen molar-refractivity contribution in [1.29, 1.82) is 0 Å². The first-order valence-electron chi connectivity index (χ1n) is 7.29. The maximum atomic E-state index is 12.4. The molecule has 2 aromatic heterocycles. The molecule has 1 aliphatic rings. The van der Waals surface area contributed by atoms with Crippen LogP contribution in [0.3, 0.4) is 0 Å². The maximum Gasteiger partial charge on any atom is 0.183 e. The second kappa shape index (κ2) is 4.18. The Labute approximate surface area is 120 Å². The van der Waals surface area contributed by atoms with Gasteiger partial charge in [0.2, 0.25) is 0 Å². The molecule has 2 heterocycles. The molecule has 0 saturated heterocycles. The summed E-state index contributed by atoms with van der Waals surface area (Å²) >= 11 is 0. The Bertz CT molecular complexity index is 704. The number of Topliss-reactive ketones (excluding diaryl/α,β-unsaturated/α-hetero) is 1. The zero-order valence-electron chi connectivity index (χ0n) is 12.9. The third kappa shape index (κ3) is 1.88. The van der Waals surface area contributed by atoms with Crippen molar-refractivity contribution in [2.24, 2.45) is 11.3 Å². The first-order valence-corrected chi connectivity index (χ1v) is 7.29.